The highest BCUT2D eigenvalue weighted by Crippen LogP contribution is 2.20. The lowest BCUT2D eigenvalue weighted by Gasteiger charge is -2.29. The van der Waals surface area contributed by atoms with Gasteiger partial charge in [0.05, 0.1) is 11.7 Å². The van der Waals surface area contributed by atoms with Crippen LogP contribution in [0.15, 0.2) is 0 Å². The molecule has 1 unspecified atom stereocenters. The summed E-state index contributed by atoms with van der Waals surface area (Å²) in [5, 5.41) is 9.18. The van der Waals surface area contributed by atoms with E-state index < -0.39 is 5.60 Å². The molecule has 0 heterocycles. The lowest BCUT2D eigenvalue weighted by atomic mass is 10.0. The molecule has 0 spiro atoms. The third-order valence-corrected chi connectivity index (χ3v) is 1.30. The molecule has 0 saturated carbocycles. The lowest BCUT2D eigenvalue weighted by Crippen LogP contribution is -2.33. The van der Waals surface area contributed by atoms with Gasteiger partial charge in [-0.3, -0.25) is 0 Å². The molecule has 0 aliphatic heterocycles. The summed E-state index contributed by atoms with van der Waals surface area (Å²) in [7, 11) is 0. The topological polar surface area (TPSA) is 38.7 Å². The van der Waals surface area contributed by atoms with Crippen LogP contribution >= 0.6 is 0 Å². The number of hydrogen-bond donors (Lipinski definition) is 1. The fraction of sp³-hybridized carbons (Fsp3) is 1.00. The zero-order valence-corrected chi connectivity index (χ0v) is 9.55. The Morgan fingerprint density at radius 1 is 1.08 bits per heavy atom. The van der Waals surface area contributed by atoms with Crippen molar-refractivity contribution in [3.63, 3.8) is 0 Å². The first-order chi connectivity index (χ1) is 5.62. The van der Waals surface area contributed by atoms with Gasteiger partial charge in [0.2, 0.25) is 0 Å². The molecule has 0 bridgehead atoms. The summed E-state index contributed by atoms with van der Waals surface area (Å²) < 4.78 is 0. The average molecular weight is 190 g/mol. The largest absolute Gasteiger partial charge is 0.393 e. The average Bonchev–Trinajstić information content (AvgIpc) is 1.79. The van der Waals surface area contributed by atoms with Crippen molar-refractivity contribution in [2.45, 2.75) is 65.3 Å². The third-order valence-electron chi connectivity index (χ3n) is 1.30. The summed E-state index contributed by atoms with van der Waals surface area (Å²) >= 11 is 0. The Morgan fingerprint density at radius 3 is 1.85 bits per heavy atom. The van der Waals surface area contributed by atoms with E-state index in [0.717, 1.165) is 0 Å². The van der Waals surface area contributed by atoms with E-state index in [4.69, 9.17) is 9.78 Å². The summed E-state index contributed by atoms with van der Waals surface area (Å²) in [6, 6.07) is 0. The fourth-order valence-electron chi connectivity index (χ4n) is 0.983. The van der Waals surface area contributed by atoms with Gasteiger partial charge in [-0.1, -0.05) is 0 Å². The highest BCUT2D eigenvalue weighted by atomic mass is 17.2. The van der Waals surface area contributed by atoms with Gasteiger partial charge in [-0.05, 0) is 41.5 Å². The lowest BCUT2D eigenvalue weighted by molar-refractivity contribution is -0.399. The van der Waals surface area contributed by atoms with Gasteiger partial charge < -0.3 is 5.11 Å². The Balaban J connectivity index is 3.89. The molecular formula is C10H22O3. The minimum absolute atomic E-state index is 0.310. The minimum atomic E-state index is -0.443. The van der Waals surface area contributed by atoms with Crippen LogP contribution in [0.2, 0.25) is 0 Å². The molecule has 13 heavy (non-hydrogen) atoms. The summed E-state index contributed by atoms with van der Waals surface area (Å²) in [5.41, 5.74) is -0.753. The predicted octanol–water partition coefficient (Wildman–Crippen LogP) is 2.28. The molecule has 80 valence electrons. The van der Waals surface area contributed by atoms with Crippen LogP contribution in [0.25, 0.3) is 0 Å². The van der Waals surface area contributed by atoms with Gasteiger partial charge in [0.25, 0.3) is 0 Å². The van der Waals surface area contributed by atoms with E-state index in [1.165, 1.54) is 0 Å². The molecule has 0 amide bonds. The van der Waals surface area contributed by atoms with Crippen molar-refractivity contribution in [2.75, 3.05) is 0 Å². The van der Waals surface area contributed by atoms with Crippen LogP contribution < -0.4 is 0 Å². The molecule has 0 fully saturated rings. The molecule has 0 rings (SSSR count). The zero-order valence-electron chi connectivity index (χ0n) is 9.55. The van der Waals surface area contributed by atoms with Crippen molar-refractivity contribution < 1.29 is 14.9 Å². The molecule has 0 radical (unpaired) electrons. The van der Waals surface area contributed by atoms with Crippen LogP contribution in [-0.4, -0.2) is 22.4 Å². The van der Waals surface area contributed by atoms with Gasteiger partial charge in [-0.2, -0.15) is 0 Å². The first-order valence-corrected chi connectivity index (χ1v) is 4.67. The highest BCUT2D eigenvalue weighted by molar-refractivity contribution is 4.70. The Bertz CT molecular complexity index is 145. The second-order valence-corrected chi connectivity index (χ2v) is 5.09. The monoisotopic (exact) mass is 190 g/mol. The molecule has 3 heteroatoms. The van der Waals surface area contributed by atoms with Gasteiger partial charge in [0.1, 0.15) is 5.60 Å². The summed E-state index contributed by atoms with van der Waals surface area (Å²) in [6.45, 7) is 11.3. The standard InChI is InChI=1S/C10H22O3/c1-8(11)7-10(5,6)13-12-9(2,3)4/h8,11H,7H2,1-6H3. The molecule has 3 nitrogen and oxygen atoms in total. The summed E-state index contributed by atoms with van der Waals surface area (Å²) in [4.78, 5) is 10.4. The molecule has 0 aromatic rings. The second kappa shape index (κ2) is 4.40. The molecule has 0 aliphatic rings. The van der Waals surface area contributed by atoms with E-state index in [-0.39, 0.29) is 11.7 Å². The number of hydrogen-bond acceptors (Lipinski definition) is 3. The van der Waals surface area contributed by atoms with Crippen molar-refractivity contribution in [1.82, 2.24) is 0 Å². The molecule has 0 aliphatic carbocycles. The molecule has 1 N–H and O–H groups in total. The van der Waals surface area contributed by atoms with Crippen LogP contribution in [0.5, 0.6) is 0 Å². The Labute approximate surface area is 81.0 Å². The Morgan fingerprint density at radius 2 is 1.54 bits per heavy atom. The SMILES string of the molecule is CC(O)CC(C)(C)OOC(C)(C)C. The number of aliphatic hydroxyl groups excluding tert-OH is 1. The van der Waals surface area contributed by atoms with E-state index in [9.17, 15) is 5.11 Å². The maximum Gasteiger partial charge on any atom is 0.100 e. The molecule has 0 aromatic carbocycles. The Kier molecular flexibility index (Phi) is 4.36. The quantitative estimate of drug-likeness (QED) is 0.546. The van der Waals surface area contributed by atoms with Crippen LogP contribution in [0.3, 0.4) is 0 Å². The van der Waals surface area contributed by atoms with Crippen molar-refractivity contribution in [1.29, 1.82) is 0 Å². The van der Waals surface area contributed by atoms with E-state index in [2.05, 4.69) is 0 Å². The summed E-state index contributed by atoms with van der Waals surface area (Å²) in [6.07, 6.45) is 0.182. The summed E-state index contributed by atoms with van der Waals surface area (Å²) in [5.74, 6) is 0. The molecular weight excluding hydrogens is 168 g/mol. The Hall–Kier alpha value is -0.120. The number of rotatable bonds is 4. The van der Waals surface area contributed by atoms with E-state index in [1.54, 1.807) is 6.92 Å². The van der Waals surface area contributed by atoms with Crippen molar-refractivity contribution in [3.8, 4) is 0 Å². The van der Waals surface area contributed by atoms with Crippen molar-refractivity contribution >= 4 is 0 Å². The molecule has 0 saturated heterocycles. The normalized spacial score (nSPS) is 15.9. The smallest absolute Gasteiger partial charge is 0.100 e. The van der Waals surface area contributed by atoms with E-state index in [1.807, 2.05) is 34.6 Å². The first-order valence-electron chi connectivity index (χ1n) is 4.67. The van der Waals surface area contributed by atoms with Crippen molar-refractivity contribution in [2.24, 2.45) is 0 Å². The van der Waals surface area contributed by atoms with Gasteiger partial charge in [0, 0.05) is 6.42 Å². The van der Waals surface area contributed by atoms with Gasteiger partial charge in [-0.25, -0.2) is 9.78 Å². The predicted molar refractivity (Wildman–Crippen MR) is 52.3 cm³/mol. The zero-order chi connectivity index (χ0) is 10.7. The van der Waals surface area contributed by atoms with Gasteiger partial charge in [0.15, 0.2) is 0 Å². The number of aliphatic hydroxyl groups is 1. The highest BCUT2D eigenvalue weighted by Gasteiger charge is 2.25. The van der Waals surface area contributed by atoms with Gasteiger partial charge >= 0.3 is 0 Å². The van der Waals surface area contributed by atoms with Crippen LogP contribution in [-0.2, 0) is 9.78 Å². The van der Waals surface area contributed by atoms with E-state index >= 15 is 0 Å². The maximum atomic E-state index is 9.18. The van der Waals surface area contributed by atoms with Crippen molar-refractivity contribution in [3.05, 3.63) is 0 Å². The maximum absolute atomic E-state index is 9.18. The fourth-order valence-corrected chi connectivity index (χ4v) is 0.983. The minimum Gasteiger partial charge on any atom is -0.393 e. The molecule has 0 aromatic heterocycles. The van der Waals surface area contributed by atoms with E-state index in [0.29, 0.717) is 6.42 Å². The van der Waals surface area contributed by atoms with Gasteiger partial charge in [-0.15, -0.1) is 0 Å². The van der Waals surface area contributed by atoms with Crippen LogP contribution in [0.4, 0.5) is 0 Å². The third kappa shape index (κ3) is 8.22. The van der Waals surface area contributed by atoms with Crippen LogP contribution in [0.1, 0.15) is 48.0 Å². The first kappa shape index (κ1) is 12.9. The second-order valence-electron chi connectivity index (χ2n) is 5.09. The van der Waals surface area contributed by atoms with Crippen LogP contribution in [0, 0.1) is 0 Å². The molecule has 1 atom stereocenters.